The van der Waals surface area contributed by atoms with Crippen molar-refractivity contribution in [3.05, 3.63) is 66.2 Å². The van der Waals surface area contributed by atoms with E-state index in [0.717, 1.165) is 0 Å². The van der Waals surface area contributed by atoms with Gasteiger partial charge < -0.3 is 5.53 Å². The highest BCUT2D eigenvalue weighted by Crippen LogP contribution is 2.24. The standard InChI is InChI=1S/C14H12N2O4S2/c15-16-11-14(21(17,18)12-7-3-1-4-8-12)22(19,20)13-9-5-2-6-10-13/h1-11,14H. The predicted molar refractivity (Wildman–Crippen MR) is 80.7 cm³/mol. The number of sulfone groups is 2. The minimum atomic E-state index is -4.27. The highest BCUT2D eigenvalue weighted by molar-refractivity contribution is 8.10. The predicted octanol–water partition coefficient (Wildman–Crippen LogP) is 1.56. The van der Waals surface area contributed by atoms with Crippen molar-refractivity contribution < 1.29 is 21.6 Å². The van der Waals surface area contributed by atoms with Gasteiger partial charge in [-0.15, -0.1) is 0 Å². The van der Waals surface area contributed by atoms with Crippen LogP contribution in [0.1, 0.15) is 0 Å². The molecule has 0 atom stereocenters. The van der Waals surface area contributed by atoms with E-state index in [4.69, 9.17) is 5.53 Å². The molecular formula is C14H12N2O4S2. The molecule has 114 valence electrons. The Balaban J connectivity index is 2.64. The maximum Gasteiger partial charge on any atom is 0.291 e. The average Bonchev–Trinajstić information content (AvgIpc) is 2.54. The molecule has 2 aromatic rings. The van der Waals surface area contributed by atoms with Crippen LogP contribution in [0, 0.1) is 0 Å². The zero-order valence-corrected chi connectivity index (χ0v) is 12.9. The summed E-state index contributed by atoms with van der Waals surface area (Å²) in [6.07, 6.45) is 0.505. The van der Waals surface area contributed by atoms with Gasteiger partial charge in [0.05, 0.1) is 9.79 Å². The first-order valence-electron chi connectivity index (χ1n) is 6.16. The lowest BCUT2D eigenvalue weighted by Crippen LogP contribution is -2.32. The third-order valence-electron chi connectivity index (χ3n) is 2.94. The largest absolute Gasteiger partial charge is 0.362 e. The van der Waals surface area contributed by atoms with Crippen molar-refractivity contribution in [1.29, 1.82) is 0 Å². The van der Waals surface area contributed by atoms with Gasteiger partial charge in [-0.1, -0.05) is 36.4 Å². The molecule has 2 aromatic carbocycles. The van der Waals surface area contributed by atoms with Gasteiger partial charge in [0.2, 0.25) is 19.7 Å². The van der Waals surface area contributed by atoms with Crippen molar-refractivity contribution >= 4 is 25.9 Å². The SMILES string of the molecule is [N-]=[N+]=CC(S(=O)(=O)c1ccccc1)S(=O)(=O)c1ccccc1. The van der Waals surface area contributed by atoms with Crippen LogP contribution in [0.4, 0.5) is 0 Å². The van der Waals surface area contributed by atoms with Gasteiger partial charge >= 0.3 is 0 Å². The van der Waals surface area contributed by atoms with Crippen molar-refractivity contribution in [3.63, 3.8) is 0 Å². The van der Waals surface area contributed by atoms with E-state index in [9.17, 15) is 16.8 Å². The number of nitrogens with zero attached hydrogens (tertiary/aromatic N) is 2. The van der Waals surface area contributed by atoms with Gasteiger partial charge in [0.1, 0.15) is 0 Å². The fourth-order valence-electron chi connectivity index (χ4n) is 1.87. The molecule has 6 nitrogen and oxygen atoms in total. The van der Waals surface area contributed by atoms with E-state index in [1.165, 1.54) is 48.5 Å². The maximum absolute atomic E-state index is 12.6. The van der Waals surface area contributed by atoms with Gasteiger partial charge in [0, 0.05) is 0 Å². The number of hydrogen-bond acceptors (Lipinski definition) is 4. The summed E-state index contributed by atoms with van der Waals surface area (Å²) < 4.78 is 48.2. The van der Waals surface area contributed by atoms with Gasteiger partial charge in [-0.3, -0.25) is 0 Å². The second kappa shape index (κ2) is 6.23. The minimum absolute atomic E-state index is 0.167. The zero-order chi connectivity index (χ0) is 16.2. The Morgan fingerprint density at radius 1 is 0.773 bits per heavy atom. The van der Waals surface area contributed by atoms with Gasteiger partial charge in [0.15, 0.2) is 0 Å². The van der Waals surface area contributed by atoms with Gasteiger partial charge in [0.25, 0.3) is 10.8 Å². The Kier molecular flexibility index (Phi) is 4.56. The summed E-state index contributed by atoms with van der Waals surface area (Å²) in [4.78, 5) is 2.30. The number of benzene rings is 2. The highest BCUT2D eigenvalue weighted by atomic mass is 32.3. The number of hydrogen-bond donors (Lipinski definition) is 0. The van der Waals surface area contributed by atoms with E-state index in [0.29, 0.717) is 6.21 Å². The van der Waals surface area contributed by atoms with E-state index in [1.54, 1.807) is 12.1 Å². The van der Waals surface area contributed by atoms with Crippen LogP contribution in [0.3, 0.4) is 0 Å². The maximum atomic E-state index is 12.6. The highest BCUT2D eigenvalue weighted by Gasteiger charge is 2.42. The smallest absolute Gasteiger partial charge is 0.291 e. The molecule has 22 heavy (non-hydrogen) atoms. The molecule has 0 heterocycles. The summed E-state index contributed by atoms with van der Waals surface area (Å²) in [5.74, 6) is 0. The first-order valence-corrected chi connectivity index (χ1v) is 9.25. The molecule has 0 aliphatic rings. The molecule has 0 bridgehead atoms. The fourth-order valence-corrected chi connectivity index (χ4v) is 5.91. The molecular weight excluding hydrogens is 324 g/mol. The summed E-state index contributed by atoms with van der Waals surface area (Å²) in [7, 11) is -8.53. The van der Waals surface area contributed by atoms with Crippen LogP contribution in [0.15, 0.2) is 70.5 Å². The van der Waals surface area contributed by atoms with E-state index >= 15 is 0 Å². The van der Waals surface area contributed by atoms with Crippen LogP contribution < -0.4 is 0 Å². The lowest BCUT2D eigenvalue weighted by atomic mass is 10.4. The molecule has 0 spiro atoms. The molecule has 0 saturated heterocycles. The lowest BCUT2D eigenvalue weighted by molar-refractivity contribution is 0.00254. The summed E-state index contributed by atoms with van der Waals surface area (Å²) >= 11 is 0. The van der Waals surface area contributed by atoms with Crippen molar-refractivity contribution in [3.8, 4) is 0 Å². The van der Waals surface area contributed by atoms with Crippen LogP contribution in [0.25, 0.3) is 5.53 Å². The van der Waals surface area contributed by atoms with Crippen LogP contribution in [-0.4, -0.2) is 32.4 Å². The van der Waals surface area contributed by atoms with E-state index in [-0.39, 0.29) is 9.79 Å². The van der Waals surface area contributed by atoms with Gasteiger partial charge in [-0.2, -0.15) is 4.79 Å². The second-order valence-corrected chi connectivity index (χ2v) is 8.79. The normalized spacial score (nSPS) is 11.9. The lowest BCUT2D eigenvalue weighted by Gasteiger charge is -2.11. The van der Waals surface area contributed by atoms with Crippen LogP contribution in [0.5, 0.6) is 0 Å². The third kappa shape index (κ3) is 2.99. The Morgan fingerprint density at radius 3 is 1.45 bits per heavy atom. The zero-order valence-electron chi connectivity index (χ0n) is 11.3. The summed E-state index contributed by atoms with van der Waals surface area (Å²) in [6.45, 7) is 0. The quantitative estimate of drug-likeness (QED) is 0.469. The molecule has 0 N–H and O–H groups in total. The van der Waals surface area contributed by atoms with Crippen molar-refractivity contribution in [2.24, 2.45) is 0 Å². The van der Waals surface area contributed by atoms with Crippen LogP contribution in [-0.2, 0) is 19.7 Å². The van der Waals surface area contributed by atoms with Crippen molar-refractivity contribution in [2.75, 3.05) is 0 Å². The van der Waals surface area contributed by atoms with Crippen molar-refractivity contribution in [2.45, 2.75) is 14.4 Å². The van der Waals surface area contributed by atoms with E-state index < -0.39 is 24.3 Å². The van der Waals surface area contributed by atoms with Crippen LogP contribution >= 0.6 is 0 Å². The first-order chi connectivity index (χ1) is 10.4. The monoisotopic (exact) mass is 336 g/mol. The van der Waals surface area contributed by atoms with Crippen molar-refractivity contribution in [1.82, 2.24) is 0 Å². The Morgan fingerprint density at radius 2 is 1.14 bits per heavy atom. The Hall–Kier alpha value is -2.28. The molecule has 2 rings (SSSR count). The number of rotatable bonds is 5. The Bertz CT molecular complexity index is 832. The van der Waals surface area contributed by atoms with E-state index in [1.807, 2.05) is 0 Å². The first kappa shape index (κ1) is 16.1. The molecule has 0 aliphatic heterocycles. The Labute approximate surface area is 128 Å². The molecule has 0 amide bonds. The van der Waals surface area contributed by atoms with Gasteiger partial charge in [-0.05, 0) is 24.3 Å². The molecule has 0 unspecified atom stereocenters. The minimum Gasteiger partial charge on any atom is -0.362 e. The van der Waals surface area contributed by atoms with Gasteiger partial charge in [-0.25, -0.2) is 16.8 Å². The molecule has 8 heteroatoms. The molecule has 0 aliphatic carbocycles. The summed E-state index contributed by atoms with van der Waals surface area (Å²) in [5, 5.41) is 0. The molecule has 0 radical (unpaired) electrons. The molecule has 0 aromatic heterocycles. The van der Waals surface area contributed by atoms with Crippen LogP contribution in [0.2, 0.25) is 0 Å². The molecule has 0 fully saturated rings. The topological polar surface area (TPSA) is 105 Å². The third-order valence-corrected chi connectivity index (χ3v) is 7.79. The van der Waals surface area contributed by atoms with E-state index in [2.05, 4.69) is 4.79 Å². The second-order valence-electron chi connectivity index (χ2n) is 4.35. The average molecular weight is 336 g/mol. The molecule has 0 saturated carbocycles. The summed E-state index contributed by atoms with van der Waals surface area (Å²) in [5.41, 5.74) is 8.70. The summed E-state index contributed by atoms with van der Waals surface area (Å²) in [6, 6.07) is 14.3. The fraction of sp³-hybridized carbons (Fsp3) is 0.0714.